The van der Waals surface area contributed by atoms with Crippen molar-refractivity contribution in [3.05, 3.63) is 0 Å². The van der Waals surface area contributed by atoms with Gasteiger partial charge in [0.05, 0.1) is 6.61 Å². The first-order valence-electron chi connectivity index (χ1n) is 7.87. The zero-order chi connectivity index (χ0) is 14.4. The van der Waals surface area contributed by atoms with Gasteiger partial charge in [0.2, 0.25) is 5.91 Å². The molecule has 2 fully saturated rings. The van der Waals surface area contributed by atoms with Gasteiger partial charge in [0.25, 0.3) is 0 Å². The van der Waals surface area contributed by atoms with Crippen LogP contribution in [0.2, 0.25) is 0 Å². The molecule has 0 aromatic heterocycles. The van der Waals surface area contributed by atoms with E-state index < -0.39 is 0 Å². The SMILES string of the molecule is COCCN1CCCN(C(=O)C2(C)CCNCC2)CC1. The molecule has 2 rings (SSSR count). The number of nitrogens with one attached hydrogen (secondary N) is 1. The molecule has 116 valence electrons. The van der Waals surface area contributed by atoms with Gasteiger partial charge in [0.1, 0.15) is 0 Å². The summed E-state index contributed by atoms with van der Waals surface area (Å²) in [5, 5.41) is 3.35. The molecule has 0 unspecified atom stereocenters. The molecule has 1 N–H and O–H groups in total. The zero-order valence-electron chi connectivity index (χ0n) is 13.0. The Kier molecular flexibility index (Phi) is 5.81. The van der Waals surface area contributed by atoms with Crippen molar-refractivity contribution < 1.29 is 9.53 Å². The monoisotopic (exact) mass is 283 g/mol. The first-order valence-corrected chi connectivity index (χ1v) is 7.87. The number of methoxy groups -OCH3 is 1. The molecular formula is C15H29N3O2. The van der Waals surface area contributed by atoms with Crippen LogP contribution in [0.1, 0.15) is 26.2 Å². The van der Waals surface area contributed by atoms with E-state index in [-0.39, 0.29) is 5.41 Å². The number of hydrogen-bond donors (Lipinski definition) is 1. The minimum atomic E-state index is -0.146. The third-order valence-corrected chi connectivity index (χ3v) is 4.71. The number of hydrogen-bond acceptors (Lipinski definition) is 4. The Morgan fingerprint density at radius 3 is 2.65 bits per heavy atom. The van der Waals surface area contributed by atoms with Gasteiger partial charge >= 0.3 is 0 Å². The van der Waals surface area contributed by atoms with Gasteiger partial charge in [-0.2, -0.15) is 0 Å². The van der Waals surface area contributed by atoms with Gasteiger partial charge in [-0.1, -0.05) is 6.92 Å². The zero-order valence-corrected chi connectivity index (χ0v) is 13.0. The van der Waals surface area contributed by atoms with Crippen molar-refractivity contribution in [2.75, 3.05) is 59.5 Å². The van der Waals surface area contributed by atoms with Crippen LogP contribution >= 0.6 is 0 Å². The van der Waals surface area contributed by atoms with Crippen LogP contribution in [-0.2, 0) is 9.53 Å². The quantitative estimate of drug-likeness (QED) is 0.819. The van der Waals surface area contributed by atoms with Crippen LogP contribution < -0.4 is 5.32 Å². The molecule has 2 aliphatic heterocycles. The van der Waals surface area contributed by atoms with Crippen molar-refractivity contribution in [1.29, 1.82) is 0 Å². The first-order chi connectivity index (χ1) is 9.65. The number of nitrogens with zero attached hydrogens (tertiary/aromatic N) is 2. The Morgan fingerprint density at radius 1 is 1.20 bits per heavy atom. The summed E-state index contributed by atoms with van der Waals surface area (Å²) >= 11 is 0. The van der Waals surface area contributed by atoms with E-state index in [4.69, 9.17) is 4.74 Å². The van der Waals surface area contributed by atoms with Crippen molar-refractivity contribution in [1.82, 2.24) is 15.1 Å². The Hall–Kier alpha value is -0.650. The molecule has 0 aromatic rings. The van der Waals surface area contributed by atoms with Gasteiger partial charge in [-0.25, -0.2) is 0 Å². The van der Waals surface area contributed by atoms with E-state index in [1.54, 1.807) is 7.11 Å². The Morgan fingerprint density at radius 2 is 1.95 bits per heavy atom. The molecule has 2 heterocycles. The third kappa shape index (κ3) is 3.93. The highest BCUT2D eigenvalue weighted by Crippen LogP contribution is 2.30. The van der Waals surface area contributed by atoms with Crippen molar-refractivity contribution in [3.63, 3.8) is 0 Å². The van der Waals surface area contributed by atoms with Gasteiger partial charge in [0.15, 0.2) is 0 Å². The first kappa shape index (κ1) is 15.7. The summed E-state index contributed by atoms with van der Waals surface area (Å²) in [5.74, 6) is 0.368. The summed E-state index contributed by atoms with van der Waals surface area (Å²) in [5.41, 5.74) is -0.146. The third-order valence-electron chi connectivity index (χ3n) is 4.71. The van der Waals surface area contributed by atoms with E-state index in [1.165, 1.54) is 0 Å². The van der Waals surface area contributed by atoms with Gasteiger partial charge in [0, 0.05) is 38.7 Å². The Labute approximate surface area is 122 Å². The number of rotatable bonds is 4. The molecular weight excluding hydrogens is 254 g/mol. The fourth-order valence-electron chi connectivity index (χ4n) is 3.19. The second-order valence-corrected chi connectivity index (χ2v) is 6.29. The highest BCUT2D eigenvalue weighted by Gasteiger charge is 2.37. The second-order valence-electron chi connectivity index (χ2n) is 6.29. The summed E-state index contributed by atoms with van der Waals surface area (Å²) in [6, 6.07) is 0. The summed E-state index contributed by atoms with van der Waals surface area (Å²) < 4.78 is 5.14. The smallest absolute Gasteiger partial charge is 0.228 e. The second kappa shape index (κ2) is 7.38. The largest absolute Gasteiger partial charge is 0.383 e. The van der Waals surface area contributed by atoms with Crippen LogP contribution in [-0.4, -0.2) is 75.2 Å². The molecule has 5 heteroatoms. The molecule has 2 aliphatic rings. The molecule has 20 heavy (non-hydrogen) atoms. The molecule has 0 saturated carbocycles. The summed E-state index contributed by atoms with van der Waals surface area (Å²) in [7, 11) is 1.74. The lowest BCUT2D eigenvalue weighted by atomic mass is 9.79. The summed E-state index contributed by atoms with van der Waals surface area (Å²) in [6.07, 6.45) is 3.01. The van der Waals surface area contributed by atoms with Crippen molar-refractivity contribution in [2.45, 2.75) is 26.2 Å². The number of carbonyl (C=O) groups is 1. The van der Waals surface area contributed by atoms with E-state index in [9.17, 15) is 4.79 Å². The van der Waals surface area contributed by atoms with E-state index in [1.807, 2.05) is 0 Å². The van der Waals surface area contributed by atoms with E-state index in [2.05, 4.69) is 22.0 Å². The number of carbonyl (C=O) groups excluding carboxylic acids is 1. The van der Waals surface area contributed by atoms with Crippen LogP contribution in [0.25, 0.3) is 0 Å². The molecule has 5 nitrogen and oxygen atoms in total. The lowest BCUT2D eigenvalue weighted by molar-refractivity contribution is -0.142. The van der Waals surface area contributed by atoms with E-state index in [0.717, 1.165) is 71.7 Å². The average Bonchev–Trinajstić information content (AvgIpc) is 2.70. The number of amides is 1. The lowest BCUT2D eigenvalue weighted by Gasteiger charge is -2.37. The van der Waals surface area contributed by atoms with Crippen LogP contribution in [0.5, 0.6) is 0 Å². The van der Waals surface area contributed by atoms with Crippen LogP contribution in [0.4, 0.5) is 0 Å². The molecule has 0 spiro atoms. The predicted molar refractivity (Wildman–Crippen MR) is 79.7 cm³/mol. The maximum atomic E-state index is 12.8. The van der Waals surface area contributed by atoms with Gasteiger partial charge in [-0.15, -0.1) is 0 Å². The van der Waals surface area contributed by atoms with E-state index >= 15 is 0 Å². The van der Waals surface area contributed by atoms with Gasteiger partial charge in [-0.05, 0) is 38.9 Å². The molecule has 0 radical (unpaired) electrons. The summed E-state index contributed by atoms with van der Waals surface area (Å²) in [6.45, 7) is 9.65. The van der Waals surface area contributed by atoms with Crippen LogP contribution in [0, 0.1) is 5.41 Å². The fraction of sp³-hybridized carbons (Fsp3) is 0.933. The summed E-state index contributed by atoms with van der Waals surface area (Å²) in [4.78, 5) is 17.3. The topological polar surface area (TPSA) is 44.8 Å². The molecule has 2 saturated heterocycles. The van der Waals surface area contributed by atoms with Crippen LogP contribution in [0.15, 0.2) is 0 Å². The minimum Gasteiger partial charge on any atom is -0.383 e. The number of piperidine rings is 1. The minimum absolute atomic E-state index is 0.146. The fourth-order valence-corrected chi connectivity index (χ4v) is 3.19. The predicted octanol–water partition coefficient (Wildman–Crippen LogP) is 0.557. The standard InChI is InChI=1S/C15H29N3O2/c1-15(4-6-16-7-5-15)14(19)18-9-3-8-17(10-11-18)12-13-20-2/h16H,3-13H2,1-2H3. The normalized spacial score (nSPS) is 24.4. The molecule has 0 bridgehead atoms. The molecule has 1 amide bonds. The van der Waals surface area contributed by atoms with Crippen molar-refractivity contribution in [2.24, 2.45) is 5.41 Å². The Balaban J connectivity index is 1.87. The highest BCUT2D eigenvalue weighted by atomic mass is 16.5. The van der Waals surface area contributed by atoms with Gasteiger partial charge in [-0.3, -0.25) is 9.69 Å². The average molecular weight is 283 g/mol. The van der Waals surface area contributed by atoms with E-state index in [0.29, 0.717) is 5.91 Å². The lowest BCUT2D eigenvalue weighted by Crippen LogP contribution is -2.48. The maximum absolute atomic E-state index is 12.8. The van der Waals surface area contributed by atoms with Crippen molar-refractivity contribution >= 4 is 5.91 Å². The van der Waals surface area contributed by atoms with Gasteiger partial charge < -0.3 is 15.0 Å². The maximum Gasteiger partial charge on any atom is 0.228 e. The Bertz CT molecular complexity index is 316. The van der Waals surface area contributed by atoms with Crippen molar-refractivity contribution in [3.8, 4) is 0 Å². The molecule has 0 aromatic carbocycles. The highest BCUT2D eigenvalue weighted by molar-refractivity contribution is 5.82. The molecule has 0 aliphatic carbocycles. The molecule has 0 atom stereocenters. The van der Waals surface area contributed by atoms with Crippen LogP contribution in [0.3, 0.4) is 0 Å². The number of ether oxygens (including phenoxy) is 1.